The highest BCUT2D eigenvalue weighted by Crippen LogP contribution is 2.38. The number of aliphatic hydroxyl groups excluding tert-OH is 1. The van der Waals surface area contributed by atoms with Crippen LogP contribution in [0.1, 0.15) is 43.0 Å². The number of benzene rings is 2. The zero-order chi connectivity index (χ0) is 25.6. The largest absolute Gasteiger partial charge is 0.416 e. The summed E-state index contributed by atoms with van der Waals surface area (Å²) in [5.41, 5.74) is -3.73. The van der Waals surface area contributed by atoms with Crippen molar-refractivity contribution in [1.29, 1.82) is 0 Å². The number of alkyl halides is 6. The third-order valence-corrected chi connectivity index (χ3v) is 10.8. The van der Waals surface area contributed by atoms with E-state index in [0.29, 0.717) is 17.7 Å². The third kappa shape index (κ3) is 6.84. The average Bonchev–Trinajstić information content (AvgIpc) is 2.81. The molecule has 1 N–H and O–H groups in total. The standard InChI is InChI=1S/C24H30F6O3Si/c1-4-34(5-2,6-3)33-22(16-31,19-10-8-7-9-11-19)17-32-15-18-12-20(23(25,26)27)14-21(13-18)24(28,29)30/h7-14,31H,4-6,15-17H2,1-3H3/t22-/m1/s1. The van der Waals surface area contributed by atoms with E-state index in [2.05, 4.69) is 0 Å². The second-order valence-corrected chi connectivity index (χ2v) is 13.0. The Kier molecular flexibility index (Phi) is 9.37. The van der Waals surface area contributed by atoms with Crippen LogP contribution in [0.4, 0.5) is 26.3 Å². The van der Waals surface area contributed by atoms with Gasteiger partial charge in [0, 0.05) is 0 Å². The zero-order valence-electron chi connectivity index (χ0n) is 19.4. The van der Waals surface area contributed by atoms with Gasteiger partial charge in [0.1, 0.15) is 5.60 Å². The SMILES string of the molecule is CC[Si](CC)(CC)O[C@](CO)(COCc1cc(C(F)(F)F)cc(C(F)(F)F)c1)c1ccccc1. The molecular weight excluding hydrogens is 478 g/mol. The highest BCUT2D eigenvalue weighted by atomic mass is 28.4. The van der Waals surface area contributed by atoms with Crippen LogP contribution in [0.25, 0.3) is 0 Å². The normalized spacial score (nSPS) is 14.8. The summed E-state index contributed by atoms with van der Waals surface area (Å²) >= 11 is 0. The predicted octanol–water partition coefficient (Wildman–Crippen LogP) is 7.15. The van der Waals surface area contributed by atoms with Crippen molar-refractivity contribution in [1.82, 2.24) is 0 Å². The van der Waals surface area contributed by atoms with Gasteiger partial charge in [-0.25, -0.2) is 0 Å². The lowest BCUT2D eigenvalue weighted by Crippen LogP contribution is -2.50. The lowest BCUT2D eigenvalue weighted by molar-refractivity contribution is -0.143. The molecule has 2 aromatic carbocycles. The molecule has 0 saturated heterocycles. The Bertz CT molecular complexity index is 873. The monoisotopic (exact) mass is 508 g/mol. The Hall–Kier alpha value is -1.88. The molecule has 1 atom stereocenters. The van der Waals surface area contributed by atoms with Gasteiger partial charge in [-0.15, -0.1) is 0 Å². The molecule has 0 aliphatic carbocycles. The van der Waals surface area contributed by atoms with Crippen molar-refractivity contribution >= 4 is 8.32 Å². The Morgan fingerprint density at radius 2 is 1.26 bits per heavy atom. The Labute approximate surface area is 196 Å². The molecule has 34 heavy (non-hydrogen) atoms. The lowest BCUT2D eigenvalue weighted by Gasteiger charge is -2.42. The van der Waals surface area contributed by atoms with E-state index >= 15 is 0 Å². The molecule has 0 spiro atoms. The van der Waals surface area contributed by atoms with Gasteiger partial charge in [-0.1, -0.05) is 51.1 Å². The summed E-state index contributed by atoms with van der Waals surface area (Å²) in [5, 5.41) is 10.4. The second kappa shape index (κ2) is 11.2. The maximum absolute atomic E-state index is 13.2. The van der Waals surface area contributed by atoms with Crippen LogP contribution in [-0.2, 0) is 33.7 Å². The van der Waals surface area contributed by atoms with Crippen LogP contribution < -0.4 is 0 Å². The topological polar surface area (TPSA) is 38.7 Å². The van der Waals surface area contributed by atoms with Crippen molar-refractivity contribution in [3.05, 3.63) is 70.8 Å². The first-order chi connectivity index (χ1) is 15.8. The van der Waals surface area contributed by atoms with Crippen molar-refractivity contribution in [2.75, 3.05) is 13.2 Å². The molecule has 0 saturated carbocycles. The fourth-order valence-corrected chi connectivity index (χ4v) is 6.90. The zero-order valence-corrected chi connectivity index (χ0v) is 20.4. The summed E-state index contributed by atoms with van der Waals surface area (Å²) < 4.78 is 91.3. The molecule has 190 valence electrons. The maximum atomic E-state index is 13.2. The number of hydrogen-bond acceptors (Lipinski definition) is 3. The van der Waals surface area contributed by atoms with Gasteiger partial charge in [0.05, 0.1) is 30.9 Å². The first-order valence-electron chi connectivity index (χ1n) is 11.1. The van der Waals surface area contributed by atoms with Crippen LogP contribution in [-0.4, -0.2) is 26.6 Å². The van der Waals surface area contributed by atoms with Crippen molar-refractivity contribution in [3.8, 4) is 0 Å². The molecular formula is C24H30F6O3Si. The van der Waals surface area contributed by atoms with Gasteiger partial charge in [0.25, 0.3) is 0 Å². The molecule has 10 heteroatoms. The van der Waals surface area contributed by atoms with E-state index in [1.807, 2.05) is 20.8 Å². The van der Waals surface area contributed by atoms with E-state index in [1.54, 1.807) is 30.3 Å². The smallest absolute Gasteiger partial charge is 0.403 e. The molecule has 0 unspecified atom stereocenters. The van der Waals surface area contributed by atoms with E-state index in [0.717, 1.165) is 18.1 Å². The highest BCUT2D eigenvalue weighted by molar-refractivity contribution is 6.73. The van der Waals surface area contributed by atoms with Crippen LogP contribution in [0.2, 0.25) is 18.1 Å². The molecule has 0 amide bonds. The van der Waals surface area contributed by atoms with Crippen LogP contribution in [0, 0.1) is 0 Å². The lowest BCUT2D eigenvalue weighted by atomic mass is 9.96. The highest BCUT2D eigenvalue weighted by Gasteiger charge is 2.42. The molecule has 2 rings (SSSR count). The minimum atomic E-state index is -4.94. The fraction of sp³-hybridized carbons (Fsp3) is 0.500. The molecule has 0 aliphatic rings. The van der Waals surface area contributed by atoms with Gasteiger partial charge >= 0.3 is 12.4 Å². The molecule has 3 nitrogen and oxygen atoms in total. The minimum Gasteiger partial charge on any atom is -0.403 e. The van der Waals surface area contributed by atoms with E-state index in [-0.39, 0.29) is 18.2 Å². The van der Waals surface area contributed by atoms with Crippen molar-refractivity contribution < 1.29 is 40.6 Å². The first kappa shape index (κ1) is 28.4. The first-order valence-corrected chi connectivity index (χ1v) is 13.6. The molecule has 0 radical (unpaired) electrons. The minimum absolute atomic E-state index is 0.0816. The van der Waals surface area contributed by atoms with Gasteiger partial charge in [-0.2, -0.15) is 26.3 Å². The van der Waals surface area contributed by atoms with Gasteiger partial charge in [0.15, 0.2) is 8.32 Å². The average molecular weight is 509 g/mol. The Morgan fingerprint density at radius 1 is 0.765 bits per heavy atom. The Balaban J connectivity index is 2.38. The van der Waals surface area contributed by atoms with Crippen molar-refractivity contribution in [3.63, 3.8) is 0 Å². The van der Waals surface area contributed by atoms with Gasteiger partial charge in [0.2, 0.25) is 0 Å². The number of ether oxygens (including phenoxy) is 1. The fourth-order valence-electron chi connectivity index (χ4n) is 3.90. The summed E-state index contributed by atoms with van der Waals surface area (Å²) in [6.45, 7) is 4.82. The summed E-state index contributed by atoms with van der Waals surface area (Å²) in [4.78, 5) is 0. The van der Waals surface area contributed by atoms with E-state index in [1.165, 1.54) is 0 Å². The summed E-state index contributed by atoms with van der Waals surface area (Å²) in [6, 6.07) is 12.5. The van der Waals surface area contributed by atoms with E-state index in [4.69, 9.17) is 9.16 Å². The molecule has 0 aromatic heterocycles. The van der Waals surface area contributed by atoms with Crippen LogP contribution >= 0.6 is 0 Å². The maximum Gasteiger partial charge on any atom is 0.416 e. The van der Waals surface area contributed by atoms with Crippen molar-refractivity contribution in [2.24, 2.45) is 0 Å². The molecule has 0 heterocycles. The van der Waals surface area contributed by atoms with Gasteiger partial charge < -0.3 is 14.3 Å². The van der Waals surface area contributed by atoms with E-state index in [9.17, 15) is 31.4 Å². The number of halogens is 6. The third-order valence-electron chi connectivity index (χ3n) is 6.15. The summed E-state index contributed by atoms with van der Waals surface area (Å²) in [6.07, 6.45) is -9.88. The second-order valence-electron chi connectivity index (χ2n) is 8.27. The molecule has 0 aliphatic heterocycles. The summed E-state index contributed by atoms with van der Waals surface area (Å²) in [7, 11) is -2.29. The number of aliphatic hydroxyl groups is 1. The van der Waals surface area contributed by atoms with Gasteiger partial charge in [-0.05, 0) is 47.5 Å². The van der Waals surface area contributed by atoms with Crippen molar-refractivity contribution in [2.45, 2.75) is 63.5 Å². The van der Waals surface area contributed by atoms with Crippen LogP contribution in [0.3, 0.4) is 0 Å². The molecule has 2 aromatic rings. The Morgan fingerprint density at radius 3 is 1.68 bits per heavy atom. The number of rotatable bonds is 11. The van der Waals surface area contributed by atoms with Crippen LogP contribution in [0.5, 0.6) is 0 Å². The van der Waals surface area contributed by atoms with E-state index < -0.39 is 50.6 Å². The molecule has 0 fully saturated rings. The van der Waals surface area contributed by atoms with Crippen LogP contribution in [0.15, 0.2) is 48.5 Å². The number of hydrogen-bond donors (Lipinski definition) is 1. The molecule has 0 bridgehead atoms. The van der Waals surface area contributed by atoms with Gasteiger partial charge in [-0.3, -0.25) is 0 Å². The quantitative estimate of drug-likeness (QED) is 0.259. The summed E-state index contributed by atoms with van der Waals surface area (Å²) in [5.74, 6) is 0. The predicted molar refractivity (Wildman–Crippen MR) is 120 cm³/mol.